The summed E-state index contributed by atoms with van der Waals surface area (Å²) in [7, 11) is 0. The van der Waals surface area contributed by atoms with Crippen molar-refractivity contribution in [2.24, 2.45) is 0 Å². The Balaban J connectivity index is 2.30. The average molecular weight is 341 g/mol. The van der Waals surface area contributed by atoms with Crippen LogP contribution in [0.2, 0.25) is 5.02 Å². The first-order valence-electron chi connectivity index (χ1n) is 5.46. The van der Waals surface area contributed by atoms with Crippen molar-refractivity contribution in [3.63, 3.8) is 0 Å². The molecule has 1 aromatic heterocycles. The standard InChI is InChI=1S/C13H11BrClN3O/c1-7-2-3-9(14)11(4-7)18-13(19)8-5-12(16)17-6-10(8)15/h2-6H,1H3,(H2,16,17)(H,18,19). The summed E-state index contributed by atoms with van der Waals surface area (Å²) in [5.41, 5.74) is 7.57. The number of nitrogens with two attached hydrogens (primary N) is 1. The maximum absolute atomic E-state index is 12.2. The molecule has 0 aliphatic heterocycles. The lowest BCUT2D eigenvalue weighted by Gasteiger charge is -2.09. The van der Waals surface area contributed by atoms with E-state index in [0.717, 1.165) is 10.0 Å². The summed E-state index contributed by atoms with van der Waals surface area (Å²) in [5.74, 6) is -0.0803. The first kappa shape index (κ1) is 13.8. The van der Waals surface area contributed by atoms with Crippen LogP contribution in [0.1, 0.15) is 15.9 Å². The Hall–Kier alpha value is -1.59. The highest BCUT2D eigenvalue weighted by Gasteiger charge is 2.13. The number of aromatic nitrogens is 1. The van der Waals surface area contributed by atoms with E-state index in [2.05, 4.69) is 26.2 Å². The predicted octanol–water partition coefficient (Wildman–Crippen LogP) is 3.64. The highest BCUT2D eigenvalue weighted by Crippen LogP contribution is 2.25. The molecule has 19 heavy (non-hydrogen) atoms. The first-order chi connectivity index (χ1) is 8.97. The Labute approximate surface area is 124 Å². The summed E-state index contributed by atoms with van der Waals surface area (Å²) in [6.45, 7) is 1.94. The minimum Gasteiger partial charge on any atom is -0.384 e. The SMILES string of the molecule is Cc1ccc(Br)c(NC(=O)c2cc(N)ncc2Cl)c1. The number of nitrogen functional groups attached to an aromatic ring is 1. The molecular formula is C13H11BrClN3O. The maximum atomic E-state index is 12.2. The number of rotatable bonds is 2. The van der Waals surface area contributed by atoms with Crippen molar-refractivity contribution in [1.82, 2.24) is 4.98 Å². The van der Waals surface area contributed by atoms with Crippen LogP contribution in [-0.2, 0) is 0 Å². The summed E-state index contributed by atoms with van der Waals surface area (Å²) in [5, 5.41) is 3.04. The number of halogens is 2. The molecule has 2 aromatic rings. The van der Waals surface area contributed by atoms with Gasteiger partial charge in [0, 0.05) is 10.7 Å². The molecule has 2 rings (SSSR count). The highest BCUT2D eigenvalue weighted by atomic mass is 79.9. The van der Waals surface area contributed by atoms with Gasteiger partial charge in [0.2, 0.25) is 0 Å². The quantitative estimate of drug-likeness (QED) is 0.877. The molecule has 6 heteroatoms. The van der Waals surface area contributed by atoms with Gasteiger partial charge in [-0.15, -0.1) is 0 Å². The summed E-state index contributed by atoms with van der Waals surface area (Å²) < 4.78 is 0.796. The molecule has 0 bridgehead atoms. The van der Waals surface area contributed by atoms with Crippen LogP contribution in [0, 0.1) is 6.92 Å². The molecule has 0 spiro atoms. The zero-order valence-electron chi connectivity index (χ0n) is 10.1. The second-order valence-corrected chi connectivity index (χ2v) is 5.29. The fraction of sp³-hybridized carbons (Fsp3) is 0.0769. The van der Waals surface area contributed by atoms with Gasteiger partial charge in [0.25, 0.3) is 5.91 Å². The third kappa shape index (κ3) is 3.24. The van der Waals surface area contributed by atoms with Crippen molar-refractivity contribution in [2.45, 2.75) is 6.92 Å². The molecular weight excluding hydrogens is 330 g/mol. The third-order valence-electron chi connectivity index (χ3n) is 2.49. The lowest BCUT2D eigenvalue weighted by molar-refractivity contribution is 0.102. The summed E-state index contributed by atoms with van der Waals surface area (Å²) in [4.78, 5) is 16.0. The number of hydrogen-bond donors (Lipinski definition) is 2. The maximum Gasteiger partial charge on any atom is 0.257 e. The normalized spacial score (nSPS) is 10.3. The molecule has 3 N–H and O–H groups in total. The number of nitrogens with zero attached hydrogens (tertiary/aromatic N) is 1. The fourth-order valence-corrected chi connectivity index (χ4v) is 2.09. The van der Waals surface area contributed by atoms with E-state index in [-0.39, 0.29) is 16.7 Å². The van der Waals surface area contributed by atoms with E-state index in [0.29, 0.717) is 11.3 Å². The zero-order chi connectivity index (χ0) is 14.0. The van der Waals surface area contributed by atoms with Gasteiger partial charge < -0.3 is 11.1 Å². The Bertz CT molecular complexity index is 646. The van der Waals surface area contributed by atoms with Crippen LogP contribution in [0.5, 0.6) is 0 Å². The van der Waals surface area contributed by atoms with E-state index in [4.69, 9.17) is 17.3 Å². The smallest absolute Gasteiger partial charge is 0.257 e. The molecule has 1 amide bonds. The topological polar surface area (TPSA) is 68.0 Å². The number of amides is 1. The van der Waals surface area contributed by atoms with Crippen LogP contribution in [0.15, 0.2) is 34.9 Å². The van der Waals surface area contributed by atoms with Crippen molar-refractivity contribution in [3.8, 4) is 0 Å². The minimum absolute atomic E-state index is 0.248. The number of benzene rings is 1. The number of pyridine rings is 1. The highest BCUT2D eigenvalue weighted by molar-refractivity contribution is 9.10. The van der Waals surface area contributed by atoms with E-state index in [1.807, 2.05) is 25.1 Å². The molecule has 0 saturated carbocycles. The van der Waals surface area contributed by atoms with Crippen molar-refractivity contribution < 1.29 is 4.79 Å². The molecule has 0 fully saturated rings. The van der Waals surface area contributed by atoms with Crippen LogP contribution in [0.4, 0.5) is 11.5 Å². The Morgan fingerprint density at radius 1 is 1.42 bits per heavy atom. The molecule has 4 nitrogen and oxygen atoms in total. The van der Waals surface area contributed by atoms with Gasteiger partial charge in [0.1, 0.15) is 5.82 Å². The number of hydrogen-bond acceptors (Lipinski definition) is 3. The van der Waals surface area contributed by atoms with Gasteiger partial charge in [-0.25, -0.2) is 4.98 Å². The third-order valence-corrected chi connectivity index (χ3v) is 3.48. The number of aryl methyl sites for hydroxylation is 1. The van der Waals surface area contributed by atoms with Crippen molar-refractivity contribution in [2.75, 3.05) is 11.1 Å². The van der Waals surface area contributed by atoms with Gasteiger partial charge in [-0.05, 0) is 46.6 Å². The van der Waals surface area contributed by atoms with Gasteiger partial charge >= 0.3 is 0 Å². The molecule has 0 saturated heterocycles. The molecule has 0 radical (unpaired) electrons. The zero-order valence-corrected chi connectivity index (χ0v) is 12.4. The van der Waals surface area contributed by atoms with E-state index < -0.39 is 0 Å². The average Bonchev–Trinajstić information content (AvgIpc) is 2.36. The lowest BCUT2D eigenvalue weighted by atomic mass is 10.2. The number of carbonyl (C=O) groups excluding carboxylic acids is 1. The van der Waals surface area contributed by atoms with Crippen LogP contribution in [0.25, 0.3) is 0 Å². The minimum atomic E-state index is -0.328. The summed E-state index contributed by atoms with van der Waals surface area (Å²) in [6, 6.07) is 7.12. The van der Waals surface area contributed by atoms with Crippen LogP contribution >= 0.6 is 27.5 Å². The summed E-state index contributed by atoms with van der Waals surface area (Å²) >= 11 is 9.32. The molecule has 0 aliphatic carbocycles. The van der Waals surface area contributed by atoms with Crippen molar-refractivity contribution in [3.05, 3.63) is 51.1 Å². The van der Waals surface area contributed by atoms with Gasteiger partial charge in [-0.3, -0.25) is 4.79 Å². The molecule has 0 atom stereocenters. The van der Waals surface area contributed by atoms with Crippen molar-refractivity contribution >= 4 is 44.9 Å². The first-order valence-corrected chi connectivity index (χ1v) is 6.63. The van der Waals surface area contributed by atoms with E-state index in [1.54, 1.807) is 0 Å². The van der Waals surface area contributed by atoms with Gasteiger partial charge in [0.05, 0.1) is 16.3 Å². The number of nitrogens with one attached hydrogen (secondary N) is 1. The number of anilines is 2. The Morgan fingerprint density at radius 2 is 2.16 bits per heavy atom. The Kier molecular flexibility index (Phi) is 4.07. The van der Waals surface area contributed by atoms with E-state index >= 15 is 0 Å². The van der Waals surface area contributed by atoms with Crippen LogP contribution in [0.3, 0.4) is 0 Å². The molecule has 98 valence electrons. The van der Waals surface area contributed by atoms with E-state index in [1.165, 1.54) is 12.3 Å². The molecule has 0 unspecified atom stereocenters. The van der Waals surface area contributed by atoms with Gasteiger partial charge in [-0.2, -0.15) is 0 Å². The predicted molar refractivity (Wildman–Crippen MR) is 80.5 cm³/mol. The molecule has 1 heterocycles. The lowest BCUT2D eigenvalue weighted by Crippen LogP contribution is -2.13. The second kappa shape index (κ2) is 5.59. The fourth-order valence-electron chi connectivity index (χ4n) is 1.55. The monoisotopic (exact) mass is 339 g/mol. The number of carbonyl (C=O) groups is 1. The molecule has 1 aromatic carbocycles. The summed E-state index contributed by atoms with van der Waals surface area (Å²) in [6.07, 6.45) is 1.36. The van der Waals surface area contributed by atoms with Gasteiger partial charge in [-0.1, -0.05) is 17.7 Å². The Morgan fingerprint density at radius 3 is 2.89 bits per heavy atom. The molecule has 0 aliphatic rings. The second-order valence-electron chi connectivity index (χ2n) is 4.03. The van der Waals surface area contributed by atoms with Crippen molar-refractivity contribution in [1.29, 1.82) is 0 Å². The van der Waals surface area contributed by atoms with Crippen LogP contribution < -0.4 is 11.1 Å². The van der Waals surface area contributed by atoms with Gasteiger partial charge in [0.15, 0.2) is 0 Å². The van der Waals surface area contributed by atoms with E-state index in [9.17, 15) is 4.79 Å². The van der Waals surface area contributed by atoms with Crippen LogP contribution in [-0.4, -0.2) is 10.9 Å². The largest absolute Gasteiger partial charge is 0.384 e.